The van der Waals surface area contributed by atoms with Crippen molar-refractivity contribution in [1.29, 1.82) is 0 Å². The Bertz CT molecular complexity index is 1250. The van der Waals surface area contributed by atoms with E-state index in [-0.39, 0.29) is 5.82 Å². The number of hydrogen-bond acceptors (Lipinski definition) is 7. The van der Waals surface area contributed by atoms with Gasteiger partial charge in [0.25, 0.3) is 0 Å². The van der Waals surface area contributed by atoms with Crippen LogP contribution in [0.15, 0.2) is 61.1 Å². The summed E-state index contributed by atoms with van der Waals surface area (Å²) in [4.78, 5) is 13.1. The minimum atomic E-state index is -0.359. The van der Waals surface area contributed by atoms with E-state index in [1.54, 1.807) is 13.2 Å². The first-order valence-electron chi connectivity index (χ1n) is 11.9. The summed E-state index contributed by atoms with van der Waals surface area (Å²) in [5.74, 6) is 1.92. The number of nitrogens with zero attached hydrogens (tertiary/aromatic N) is 4. The molecule has 0 unspecified atom stereocenters. The molecule has 5 rings (SSSR count). The fourth-order valence-corrected chi connectivity index (χ4v) is 4.44. The number of methoxy groups -OCH3 is 1. The van der Waals surface area contributed by atoms with Gasteiger partial charge in [-0.3, -0.25) is 0 Å². The van der Waals surface area contributed by atoms with Gasteiger partial charge >= 0.3 is 0 Å². The molecule has 1 N–H and O–H groups in total. The molecule has 3 aromatic rings. The smallest absolute Gasteiger partial charge is 0.163 e. The summed E-state index contributed by atoms with van der Waals surface area (Å²) < 4.78 is 26.8. The zero-order valence-electron chi connectivity index (χ0n) is 20.1. The number of likely N-dealkylation sites (tertiary alicyclic amines) is 1. The van der Waals surface area contributed by atoms with Gasteiger partial charge in [0.05, 0.1) is 24.9 Å². The van der Waals surface area contributed by atoms with Crippen molar-refractivity contribution in [3.8, 4) is 11.5 Å². The number of hydrogen-bond donors (Lipinski definition) is 1. The van der Waals surface area contributed by atoms with Crippen molar-refractivity contribution < 1.29 is 13.9 Å². The molecule has 182 valence electrons. The Kier molecular flexibility index (Phi) is 6.81. The summed E-state index contributed by atoms with van der Waals surface area (Å²) >= 11 is 0. The standard InChI is InChI=1S/C27H30FN5O2/c1-32-12-8-19(9-13-32)17-35-26-16-24-21(15-25(26)34-2)27(30-18-29-24)31-23-7-6-20(14-22(23)28)33-10-4-3-5-11-33/h3-7,10,14-16,18-19H,8-9,11-13,17H2,1-2H3,(H,29,30,31). The highest BCUT2D eigenvalue weighted by Gasteiger charge is 2.19. The molecule has 0 saturated carbocycles. The van der Waals surface area contributed by atoms with Crippen molar-refractivity contribution in [2.45, 2.75) is 12.8 Å². The zero-order chi connectivity index (χ0) is 24.2. The van der Waals surface area contributed by atoms with Crippen LogP contribution in [0.1, 0.15) is 12.8 Å². The van der Waals surface area contributed by atoms with Crippen molar-refractivity contribution in [3.05, 3.63) is 66.9 Å². The first-order chi connectivity index (χ1) is 17.1. The molecule has 0 radical (unpaired) electrons. The fraction of sp³-hybridized carbons (Fsp3) is 0.333. The minimum absolute atomic E-state index is 0.340. The Labute approximate surface area is 204 Å². The van der Waals surface area contributed by atoms with Crippen LogP contribution in [0.2, 0.25) is 0 Å². The summed E-state index contributed by atoms with van der Waals surface area (Å²) in [6.45, 7) is 3.54. The summed E-state index contributed by atoms with van der Waals surface area (Å²) in [7, 11) is 3.77. The fourth-order valence-electron chi connectivity index (χ4n) is 4.44. The average Bonchev–Trinajstić information content (AvgIpc) is 2.89. The first kappa shape index (κ1) is 23.1. The molecule has 1 fully saturated rings. The molecule has 1 aromatic heterocycles. The third kappa shape index (κ3) is 5.22. The van der Waals surface area contributed by atoms with Gasteiger partial charge in [-0.1, -0.05) is 12.2 Å². The number of allylic oxidation sites excluding steroid dienone is 2. The number of fused-ring (bicyclic) bond motifs is 1. The second-order valence-corrected chi connectivity index (χ2v) is 9.01. The number of benzene rings is 2. The van der Waals surface area contributed by atoms with Gasteiger partial charge in [-0.15, -0.1) is 0 Å². The van der Waals surface area contributed by atoms with Gasteiger partial charge < -0.3 is 24.6 Å². The summed E-state index contributed by atoms with van der Waals surface area (Å²) in [5.41, 5.74) is 1.82. The van der Waals surface area contributed by atoms with Crippen LogP contribution in [-0.2, 0) is 0 Å². The number of piperidine rings is 1. The lowest BCUT2D eigenvalue weighted by Gasteiger charge is -2.28. The summed E-state index contributed by atoms with van der Waals surface area (Å²) in [6.07, 6.45) is 11.6. The molecule has 0 bridgehead atoms. The van der Waals surface area contributed by atoms with Crippen LogP contribution in [0.3, 0.4) is 0 Å². The Hall–Kier alpha value is -3.65. The monoisotopic (exact) mass is 475 g/mol. The van der Waals surface area contributed by atoms with E-state index >= 15 is 0 Å². The van der Waals surface area contributed by atoms with Gasteiger partial charge in [-0.2, -0.15) is 0 Å². The highest BCUT2D eigenvalue weighted by Crippen LogP contribution is 2.36. The van der Waals surface area contributed by atoms with Crippen LogP contribution < -0.4 is 19.7 Å². The number of nitrogens with one attached hydrogen (secondary N) is 1. The highest BCUT2D eigenvalue weighted by molar-refractivity contribution is 5.93. The van der Waals surface area contributed by atoms with Crippen LogP contribution in [-0.4, -0.2) is 55.3 Å². The van der Waals surface area contributed by atoms with E-state index in [0.717, 1.165) is 37.0 Å². The number of ether oxygens (including phenoxy) is 2. The predicted molar refractivity (Wildman–Crippen MR) is 137 cm³/mol. The van der Waals surface area contributed by atoms with E-state index < -0.39 is 0 Å². The van der Waals surface area contributed by atoms with Gasteiger partial charge in [0.2, 0.25) is 0 Å². The second-order valence-electron chi connectivity index (χ2n) is 9.01. The van der Waals surface area contributed by atoms with Crippen LogP contribution in [0.5, 0.6) is 11.5 Å². The molecule has 8 heteroatoms. The summed E-state index contributed by atoms with van der Waals surface area (Å²) in [6, 6.07) is 8.84. The van der Waals surface area contributed by atoms with Crippen LogP contribution >= 0.6 is 0 Å². The highest BCUT2D eigenvalue weighted by atomic mass is 19.1. The normalized spacial score (nSPS) is 16.6. The Morgan fingerprint density at radius 3 is 2.69 bits per heavy atom. The van der Waals surface area contributed by atoms with Gasteiger partial charge in [-0.05, 0) is 69.2 Å². The molecular formula is C27H30FN5O2. The lowest BCUT2D eigenvalue weighted by molar-refractivity contribution is 0.157. The second kappa shape index (κ2) is 10.3. The van der Waals surface area contributed by atoms with Crippen molar-refractivity contribution in [2.75, 3.05) is 50.6 Å². The third-order valence-electron chi connectivity index (χ3n) is 6.59. The SMILES string of the molecule is COc1cc2c(Nc3ccc(N4C=CC=CC4)cc3F)ncnc2cc1OCC1CCN(C)CC1. The van der Waals surface area contributed by atoms with Gasteiger partial charge in [0, 0.05) is 29.9 Å². The maximum atomic E-state index is 15.0. The lowest BCUT2D eigenvalue weighted by atomic mass is 9.98. The molecule has 3 heterocycles. The van der Waals surface area contributed by atoms with Crippen LogP contribution in [0, 0.1) is 11.7 Å². The number of rotatable bonds is 7. The van der Waals surface area contributed by atoms with E-state index in [4.69, 9.17) is 9.47 Å². The van der Waals surface area contributed by atoms with Crippen molar-refractivity contribution in [1.82, 2.24) is 14.9 Å². The van der Waals surface area contributed by atoms with Gasteiger partial charge in [0.1, 0.15) is 18.0 Å². The molecule has 2 aliphatic heterocycles. The van der Waals surface area contributed by atoms with E-state index in [9.17, 15) is 4.39 Å². The van der Waals surface area contributed by atoms with E-state index in [0.29, 0.717) is 47.6 Å². The first-order valence-corrected chi connectivity index (χ1v) is 11.9. The van der Waals surface area contributed by atoms with E-state index in [1.165, 1.54) is 12.4 Å². The largest absolute Gasteiger partial charge is 0.493 e. The Morgan fingerprint density at radius 1 is 1.09 bits per heavy atom. The van der Waals surface area contributed by atoms with Crippen LogP contribution in [0.25, 0.3) is 10.9 Å². The molecule has 1 saturated heterocycles. The molecule has 2 aromatic carbocycles. The predicted octanol–water partition coefficient (Wildman–Crippen LogP) is 5.13. The maximum absolute atomic E-state index is 15.0. The lowest BCUT2D eigenvalue weighted by Crippen LogP contribution is -2.32. The number of anilines is 3. The van der Waals surface area contributed by atoms with Crippen molar-refractivity contribution in [3.63, 3.8) is 0 Å². The van der Waals surface area contributed by atoms with Gasteiger partial charge in [-0.25, -0.2) is 14.4 Å². The molecule has 0 amide bonds. The number of aromatic nitrogens is 2. The quantitative estimate of drug-likeness (QED) is 0.508. The molecule has 35 heavy (non-hydrogen) atoms. The molecule has 2 aliphatic rings. The summed E-state index contributed by atoms with van der Waals surface area (Å²) in [5, 5.41) is 3.85. The Balaban J connectivity index is 1.36. The zero-order valence-corrected chi connectivity index (χ0v) is 20.1. The topological polar surface area (TPSA) is 62.8 Å². The molecule has 0 spiro atoms. The van der Waals surface area contributed by atoms with E-state index in [1.807, 2.05) is 47.5 Å². The third-order valence-corrected chi connectivity index (χ3v) is 6.59. The number of halogens is 1. The van der Waals surface area contributed by atoms with Gasteiger partial charge in [0.15, 0.2) is 11.5 Å². The Morgan fingerprint density at radius 2 is 1.94 bits per heavy atom. The molecular weight excluding hydrogens is 445 g/mol. The molecule has 0 aliphatic carbocycles. The maximum Gasteiger partial charge on any atom is 0.163 e. The average molecular weight is 476 g/mol. The van der Waals surface area contributed by atoms with E-state index in [2.05, 4.69) is 27.2 Å². The molecule has 7 nitrogen and oxygen atoms in total. The van der Waals surface area contributed by atoms with Crippen molar-refractivity contribution in [2.24, 2.45) is 5.92 Å². The minimum Gasteiger partial charge on any atom is -0.493 e. The van der Waals surface area contributed by atoms with Crippen molar-refractivity contribution >= 4 is 28.1 Å². The van der Waals surface area contributed by atoms with Crippen LogP contribution in [0.4, 0.5) is 21.6 Å². The molecule has 0 atom stereocenters.